The average Bonchev–Trinajstić information content (AvgIpc) is 2.44. The quantitative estimate of drug-likeness (QED) is 0.311. The van der Waals surface area contributed by atoms with E-state index in [4.69, 9.17) is 0 Å². The largest absolute Gasteiger partial charge is 0.726 e. The molecule has 20 heavy (non-hydrogen) atoms. The minimum absolute atomic E-state index is 0.163. The first-order chi connectivity index (χ1) is 9.54. The molecule has 0 unspecified atom stereocenters. The second-order valence-electron chi connectivity index (χ2n) is 3.83. The third-order valence-electron chi connectivity index (χ3n) is 2.35. The molecule has 0 N–H and O–H groups in total. The van der Waals surface area contributed by atoms with Crippen LogP contribution in [0.5, 0.6) is 0 Å². The summed E-state index contributed by atoms with van der Waals surface area (Å²) in [7, 11) is -4.62. The lowest BCUT2D eigenvalue weighted by Gasteiger charge is -2.05. The van der Waals surface area contributed by atoms with Crippen molar-refractivity contribution in [3.63, 3.8) is 0 Å². The summed E-state index contributed by atoms with van der Waals surface area (Å²) < 4.78 is 36.4. The van der Waals surface area contributed by atoms with Crippen LogP contribution in [0.25, 0.3) is 11.4 Å². The highest BCUT2D eigenvalue weighted by atomic mass is 32.3. The van der Waals surface area contributed by atoms with Gasteiger partial charge in [0.2, 0.25) is 10.4 Å². The number of hydrogen-bond acceptors (Lipinski definition) is 7. The maximum atomic E-state index is 10.2. The lowest BCUT2D eigenvalue weighted by atomic mass is 10.3. The lowest BCUT2D eigenvalue weighted by molar-refractivity contribution is -0.754. The van der Waals surface area contributed by atoms with Crippen LogP contribution in [0, 0.1) is 0 Å². The van der Waals surface area contributed by atoms with E-state index in [2.05, 4.69) is 19.2 Å². The Balaban J connectivity index is 1.89. The van der Waals surface area contributed by atoms with Crippen LogP contribution in [-0.2, 0) is 21.1 Å². The predicted octanol–water partition coefficient (Wildman–Crippen LogP) is -0.307. The number of hydrogen-bond donors (Lipinski definition) is 0. The molecule has 0 aliphatic rings. The van der Waals surface area contributed by atoms with Gasteiger partial charge in [-0.15, -0.1) is 0 Å². The zero-order valence-electron chi connectivity index (χ0n) is 10.4. The number of aromatic nitrogens is 4. The Kier molecular flexibility index (Phi) is 4.66. The summed E-state index contributed by atoms with van der Waals surface area (Å²) in [5.41, 5.74) is 0.778. The Morgan fingerprint density at radius 3 is 2.65 bits per heavy atom. The number of rotatable bonds is 6. The second kappa shape index (κ2) is 6.46. The van der Waals surface area contributed by atoms with Crippen LogP contribution in [0.1, 0.15) is 6.42 Å². The molecule has 0 spiro atoms. The van der Waals surface area contributed by atoms with Gasteiger partial charge in [0.25, 0.3) is 0 Å². The van der Waals surface area contributed by atoms with Gasteiger partial charge in [-0.2, -0.15) is 0 Å². The van der Waals surface area contributed by atoms with Gasteiger partial charge < -0.3 is 4.55 Å². The third-order valence-corrected chi connectivity index (χ3v) is 2.81. The fraction of sp³-hybridized carbons (Fsp3) is 0.273. The molecule has 0 atom stereocenters. The predicted molar refractivity (Wildman–Crippen MR) is 65.7 cm³/mol. The summed E-state index contributed by atoms with van der Waals surface area (Å²) in [4.78, 5) is 8.20. The summed E-state index contributed by atoms with van der Waals surface area (Å²) >= 11 is 0. The molecule has 0 aliphatic carbocycles. The zero-order valence-corrected chi connectivity index (χ0v) is 11.2. The first-order valence-corrected chi connectivity index (χ1v) is 7.11. The molecule has 0 fully saturated rings. The van der Waals surface area contributed by atoms with E-state index in [9.17, 15) is 13.0 Å². The van der Waals surface area contributed by atoms with Crippen molar-refractivity contribution in [2.45, 2.75) is 13.0 Å². The Bertz CT molecular complexity index is 646. The van der Waals surface area contributed by atoms with E-state index in [1.165, 1.54) is 0 Å². The normalized spacial score (nSPS) is 11.4. The number of nitrogens with zero attached hydrogens (tertiary/aromatic N) is 4. The van der Waals surface area contributed by atoms with Crippen molar-refractivity contribution < 1.29 is 21.8 Å². The van der Waals surface area contributed by atoms with E-state index in [1.807, 2.05) is 0 Å². The van der Waals surface area contributed by atoms with Crippen LogP contribution in [0.3, 0.4) is 0 Å². The first-order valence-electron chi connectivity index (χ1n) is 5.78. The van der Waals surface area contributed by atoms with Crippen LogP contribution in [0.4, 0.5) is 0 Å². The van der Waals surface area contributed by atoms with Crippen LogP contribution in [0.2, 0.25) is 0 Å². The zero-order chi connectivity index (χ0) is 14.4. The van der Waals surface area contributed by atoms with Gasteiger partial charge in [-0.05, 0) is 11.2 Å². The molecular weight excluding hydrogens is 284 g/mol. The highest BCUT2D eigenvalue weighted by Gasteiger charge is 2.06. The van der Waals surface area contributed by atoms with Crippen molar-refractivity contribution in [3.8, 4) is 11.4 Å². The summed E-state index contributed by atoms with van der Waals surface area (Å²) in [6.45, 7) is 0.273. The SMILES string of the molecule is O=S(=O)([O-])OCCC[n+]1ccc(-c2ncccn2)cn1. The van der Waals surface area contributed by atoms with Gasteiger partial charge in [-0.25, -0.2) is 18.4 Å². The Morgan fingerprint density at radius 1 is 1.30 bits per heavy atom. The molecule has 2 aromatic heterocycles. The second-order valence-corrected chi connectivity index (χ2v) is 4.89. The van der Waals surface area contributed by atoms with Gasteiger partial charge in [0.15, 0.2) is 18.6 Å². The van der Waals surface area contributed by atoms with Crippen LogP contribution >= 0.6 is 0 Å². The minimum Gasteiger partial charge on any atom is -0.726 e. The van der Waals surface area contributed by atoms with E-state index in [-0.39, 0.29) is 6.61 Å². The molecule has 0 amide bonds. The molecule has 0 bridgehead atoms. The molecule has 106 valence electrons. The molecule has 0 aliphatic heterocycles. The maximum absolute atomic E-state index is 10.2. The van der Waals surface area contributed by atoms with Crippen LogP contribution < -0.4 is 4.68 Å². The Morgan fingerprint density at radius 2 is 2.05 bits per heavy atom. The van der Waals surface area contributed by atoms with Crippen LogP contribution in [0.15, 0.2) is 36.9 Å². The summed E-state index contributed by atoms with van der Waals surface area (Å²) in [6.07, 6.45) is 6.98. The first kappa shape index (κ1) is 14.4. The van der Waals surface area contributed by atoms with Crippen molar-refractivity contribution in [1.82, 2.24) is 15.1 Å². The van der Waals surface area contributed by atoms with Gasteiger partial charge >= 0.3 is 0 Å². The number of aryl methyl sites for hydroxylation is 1. The summed E-state index contributed by atoms with van der Waals surface area (Å²) in [6, 6.07) is 3.53. The molecule has 0 saturated carbocycles. The van der Waals surface area contributed by atoms with Gasteiger partial charge in [-0.3, -0.25) is 4.18 Å². The molecule has 2 heterocycles. The van der Waals surface area contributed by atoms with Crippen molar-refractivity contribution in [2.24, 2.45) is 0 Å². The molecule has 2 rings (SSSR count). The Hall–Kier alpha value is -1.97. The summed E-state index contributed by atoms with van der Waals surface area (Å²) in [5.74, 6) is 0.577. The fourth-order valence-electron chi connectivity index (χ4n) is 1.48. The van der Waals surface area contributed by atoms with E-state index in [0.717, 1.165) is 5.56 Å². The third kappa shape index (κ3) is 4.61. The van der Waals surface area contributed by atoms with E-state index in [1.54, 1.807) is 41.6 Å². The van der Waals surface area contributed by atoms with Crippen molar-refractivity contribution in [2.75, 3.05) is 6.61 Å². The standard InChI is InChI=1S/C11H12N4O4S/c16-20(17,18)19-8-2-6-15-7-3-10(9-14-15)11-12-4-1-5-13-11/h1,3-5,7,9H,2,6,8H2. The highest BCUT2D eigenvalue weighted by molar-refractivity contribution is 7.80. The molecule has 2 aromatic rings. The van der Waals surface area contributed by atoms with Gasteiger partial charge in [-0.1, -0.05) is 4.68 Å². The van der Waals surface area contributed by atoms with Crippen molar-refractivity contribution in [1.29, 1.82) is 0 Å². The molecule has 9 heteroatoms. The van der Waals surface area contributed by atoms with Crippen molar-refractivity contribution in [3.05, 3.63) is 36.9 Å². The lowest BCUT2D eigenvalue weighted by Crippen LogP contribution is -2.37. The molecular formula is C11H12N4O4S. The molecule has 0 radical (unpaired) electrons. The van der Waals surface area contributed by atoms with Gasteiger partial charge in [0.05, 0.1) is 6.61 Å². The van der Waals surface area contributed by atoms with Crippen molar-refractivity contribution >= 4 is 10.4 Å². The Labute approximate surface area is 116 Å². The average molecular weight is 296 g/mol. The summed E-state index contributed by atoms with van der Waals surface area (Å²) in [5, 5.41) is 4.14. The van der Waals surface area contributed by atoms with E-state index >= 15 is 0 Å². The highest BCUT2D eigenvalue weighted by Crippen LogP contribution is 2.09. The molecule has 0 saturated heterocycles. The molecule has 8 nitrogen and oxygen atoms in total. The van der Waals surface area contributed by atoms with Crippen LogP contribution in [-0.4, -0.2) is 34.6 Å². The van der Waals surface area contributed by atoms with E-state index < -0.39 is 10.4 Å². The smallest absolute Gasteiger partial charge is 0.217 e. The van der Waals surface area contributed by atoms with E-state index in [0.29, 0.717) is 18.8 Å². The molecule has 0 aromatic carbocycles. The monoisotopic (exact) mass is 296 g/mol. The minimum atomic E-state index is -4.62. The topological polar surface area (TPSA) is 109 Å². The van der Waals surface area contributed by atoms with Gasteiger partial charge in [0.1, 0.15) is 6.20 Å². The maximum Gasteiger partial charge on any atom is 0.217 e. The fourth-order valence-corrected chi connectivity index (χ4v) is 1.81. The van der Waals surface area contributed by atoms with Gasteiger partial charge in [0, 0.05) is 30.4 Å².